The van der Waals surface area contributed by atoms with Gasteiger partial charge in [0.05, 0.1) is 6.20 Å². The lowest BCUT2D eigenvalue weighted by Gasteiger charge is -2.20. The van der Waals surface area contributed by atoms with Crippen molar-refractivity contribution in [3.05, 3.63) is 60.8 Å². The van der Waals surface area contributed by atoms with Gasteiger partial charge < -0.3 is 10.0 Å². The predicted octanol–water partition coefficient (Wildman–Crippen LogP) is 2.26. The number of benzene rings is 1. The van der Waals surface area contributed by atoms with E-state index >= 15 is 0 Å². The maximum atomic E-state index is 12.9. The van der Waals surface area contributed by atoms with Crippen molar-refractivity contribution in [1.82, 2.24) is 9.97 Å². The number of anilines is 2. The van der Waals surface area contributed by atoms with Crippen molar-refractivity contribution < 1.29 is 9.50 Å². The summed E-state index contributed by atoms with van der Waals surface area (Å²) in [7, 11) is 0. The Morgan fingerprint density at radius 3 is 2.63 bits per heavy atom. The van der Waals surface area contributed by atoms with Gasteiger partial charge in [0.25, 0.3) is 0 Å². The van der Waals surface area contributed by atoms with Gasteiger partial charge in [-0.15, -0.1) is 0 Å². The monoisotopic (exact) mass is 258 g/mol. The van der Waals surface area contributed by atoms with E-state index in [-0.39, 0.29) is 11.7 Å². The van der Waals surface area contributed by atoms with Crippen molar-refractivity contribution in [2.45, 2.75) is 0 Å². The molecule has 0 radical (unpaired) electrons. The molecule has 2 heterocycles. The molecule has 5 nitrogen and oxygen atoms in total. The fourth-order valence-electron chi connectivity index (χ4n) is 1.90. The van der Waals surface area contributed by atoms with E-state index in [4.69, 9.17) is 0 Å². The van der Waals surface area contributed by atoms with Crippen LogP contribution in [0.1, 0.15) is 0 Å². The first-order chi connectivity index (χ1) is 9.24. The van der Waals surface area contributed by atoms with Gasteiger partial charge in [0.2, 0.25) is 5.88 Å². The molecule has 0 atom stereocenters. The first-order valence-corrected chi connectivity index (χ1v) is 5.70. The van der Waals surface area contributed by atoms with E-state index in [2.05, 4.69) is 9.97 Å². The van der Waals surface area contributed by atoms with Crippen LogP contribution >= 0.6 is 0 Å². The molecule has 1 aromatic carbocycles. The smallest absolute Gasteiger partial charge is 0.211 e. The van der Waals surface area contributed by atoms with Crippen LogP contribution in [0.3, 0.4) is 0 Å². The minimum atomic E-state index is -0.288. The normalized spacial score (nSPS) is 14.7. The van der Waals surface area contributed by atoms with Crippen LogP contribution in [-0.4, -0.2) is 21.7 Å². The van der Waals surface area contributed by atoms with Gasteiger partial charge in [0, 0.05) is 11.9 Å². The molecule has 0 saturated heterocycles. The highest BCUT2D eigenvalue weighted by Crippen LogP contribution is 2.25. The summed E-state index contributed by atoms with van der Waals surface area (Å²) in [5, 5.41) is 9.94. The van der Waals surface area contributed by atoms with Gasteiger partial charge in [-0.2, -0.15) is 0 Å². The van der Waals surface area contributed by atoms with Crippen molar-refractivity contribution in [1.29, 1.82) is 0 Å². The van der Waals surface area contributed by atoms with Crippen molar-refractivity contribution >= 4 is 11.5 Å². The Balaban J connectivity index is 1.84. The Morgan fingerprint density at radius 1 is 1.16 bits per heavy atom. The van der Waals surface area contributed by atoms with Crippen LogP contribution in [0, 0.1) is 5.82 Å². The van der Waals surface area contributed by atoms with Gasteiger partial charge in [-0.25, -0.2) is 14.4 Å². The third-order valence-electron chi connectivity index (χ3n) is 2.84. The maximum Gasteiger partial charge on any atom is 0.211 e. The lowest BCUT2D eigenvalue weighted by Crippen LogP contribution is -2.27. The molecule has 1 N–H and O–H groups in total. The average Bonchev–Trinajstić information content (AvgIpc) is 2.83. The largest absolute Gasteiger partial charge is 0.493 e. The highest BCUT2D eigenvalue weighted by molar-refractivity contribution is 5.57. The second kappa shape index (κ2) is 4.56. The van der Waals surface area contributed by atoms with Crippen LogP contribution in [0.25, 0.3) is 0 Å². The number of nitrogens with zero attached hydrogens (tertiary/aromatic N) is 4. The third-order valence-corrected chi connectivity index (χ3v) is 2.84. The lowest BCUT2D eigenvalue weighted by molar-refractivity contribution is 0.399. The molecule has 0 amide bonds. The summed E-state index contributed by atoms with van der Waals surface area (Å²) >= 11 is 0. The number of halogens is 1. The zero-order valence-electron chi connectivity index (χ0n) is 9.94. The van der Waals surface area contributed by atoms with Crippen LogP contribution < -0.4 is 9.80 Å². The van der Waals surface area contributed by atoms with Crippen LogP contribution in [0.2, 0.25) is 0 Å². The molecule has 19 heavy (non-hydrogen) atoms. The third kappa shape index (κ3) is 2.20. The molecule has 6 heteroatoms. The number of aliphatic hydroxyl groups excluding tert-OH is 1. The summed E-state index contributed by atoms with van der Waals surface area (Å²) in [5.41, 5.74) is 0.796. The van der Waals surface area contributed by atoms with E-state index < -0.39 is 0 Å². The minimum Gasteiger partial charge on any atom is -0.493 e. The van der Waals surface area contributed by atoms with E-state index in [0.717, 1.165) is 5.69 Å². The predicted molar refractivity (Wildman–Crippen MR) is 69.0 cm³/mol. The molecule has 0 saturated carbocycles. The Hall–Kier alpha value is -2.63. The summed E-state index contributed by atoms with van der Waals surface area (Å²) in [6.45, 7) is 0.411. The lowest BCUT2D eigenvalue weighted by atomic mass is 10.3. The molecule has 1 aliphatic rings. The molecule has 0 bridgehead atoms. The van der Waals surface area contributed by atoms with Gasteiger partial charge in [-0.1, -0.05) is 0 Å². The van der Waals surface area contributed by atoms with E-state index in [1.54, 1.807) is 40.4 Å². The van der Waals surface area contributed by atoms with Crippen molar-refractivity contribution in [2.75, 3.05) is 16.5 Å². The fraction of sp³-hybridized carbons (Fsp3) is 0.0769. The first-order valence-electron chi connectivity index (χ1n) is 5.70. The molecule has 3 rings (SSSR count). The topological polar surface area (TPSA) is 52.5 Å². The Labute approximate surface area is 109 Å². The van der Waals surface area contributed by atoms with Gasteiger partial charge >= 0.3 is 0 Å². The van der Waals surface area contributed by atoms with Gasteiger partial charge in [-0.3, -0.25) is 4.90 Å². The van der Waals surface area contributed by atoms with E-state index in [1.165, 1.54) is 18.5 Å². The zero-order chi connectivity index (χ0) is 13.2. The van der Waals surface area contributed by atoms with Gasteiger partial charge in [0.1, 0.15) is 24.6 Å². The first kappa shape index (κ1) is 11.5. The highest BCUT2D eigenvalue weighted by Gasteiger charge is 2.23. The molecule has 2 aromatic rings. The molecule has 0 spiro atoms. The second-order valence-electron chi connectivity index (χ2n) is 4.07. The molecular weight excluding hydrogens is 247 g/mol. The van der Waals surface area contributed by atoms with E-state index in [0.29, 0.717) is 12.5 Å². The van der Waals surface area contributed by atoms with E-state index in [9.17, 15) is 9.50 Å². The Morgan fingerprint density at radius 2 is 1.95 bits per heavy atom. The summed E-state index contributed by atoms with van der Waals surface area (Å²) in [6, 6.07) is 7.78. The Kier molecular flexibility index (Phi) is 2.75. The quantitative estimate of drug-likeness (QED) is 0.895. The molecule has 0 fully saturated rings. The second-order valence-corrected chi connectivity index (χ2v) is 4.07. The zero-order valence-corrected chi connectivity index (χ0v) is 9.94. The van der Waals surface area contributed by atoms with Crippen molar-refractivity contribution in [3.8, 4) is 0 Å². The highest BCUT2D eigenvalue weighted by atomic mass is 19.1. The van der Waals surface area contributed by atoms with Crippen LogP contribution in [0.4, 0.5) is 15.9 Å². The molecule has 0 unspecified atom stereocenters. The van der Waals surface area contributed by atoms with E-state index in [1.807, 2.05) is 0 Å². The van der Waals surface area contributed by atoms with Crippen molar-refractivity contribution in [3.63, 3.8) is 0 Å². The maximum absolute atomic E-state index is 12.9. The van der Waals surface area contributed by atoms with Crippen molar-refractivity contribution in [2.24, 2.45) is 0 Å². The van der Waals surface area contributed by atoms with Crippen LogP contribution in [-0.2, 0) is 0 Å². The number of hydrogen-bond donors (Lipinski definition) is 1. The number of hydrogen-bond acceptors (Lipinski definition) is 5. The standard InChI is InChI=1S/C13H11FN4O/c14-10-1-3-11(4-2-10)17-7-13(19)18(9-17)12-5-6-15-8-16-12/h1-8,19H,9H2. The number of aromatic nitrogens is 2. The van der Waals surface area contributed by atoms with Gasteiger partial charge in [-0.05, 0) is 30.3 Å². The summed E-state index contributed by atoms with van der Waals surface area (Å²) in [4.78, 5) is 11.3. The molecule has 96 valence electrons. The van der Waals surface area contributed by atoms with Crippen LogP contribution in [0.5, 0.6) is 0 Å². The minimum absolute atomic E-state index is 0.0861. The molecular formula is C13H11FN4O. The molecule has 0 aliphatic carbocycles. The molecule has 1 aliphatic heterocycles. The summed E-state index contributed by atoms with van der Waals surface area (Å²) in [6.07, 6.45) is 4.61. The average molecular weight is 258 g/mol. The summed E-state index contributed by atoms with van der Waals surface area (Å²) in [5.74, 6) is 0.403. The SMILES string of the molecule is OC1=CN(c2ccc(F)cc2)CN1c1ccncn1. The van der Waals surface area contributed by atoms with Gasteiger partial charge in [0.15, 0.2) is 0 Å². The number of rotatable bonds is 2. The Bertz CT molecular complexity index is 600. The van der Waals surface area contributed by atoms with Crippen LogP contribution in [0.15, 0.2) is 54.9 Å². The number of aliphatic hydroxyl groups is 1. The summed E-state index contributed by atoms with van der Waals surface area (Å²) < 4.78 is 12.9. The fourth-order valence-corrected chi connectivity index (χ4v) is 1.90. The molecule has 1 aromatic heterocycles.